The number of hydrogen-bond donors (Lipinski definition) is 2. The normalized spacial score (nSPS) is 35.5. The molecule has 2 fully saturated rings. The molecule has 0 aromatic rings. The quantitative estimate of drug-likeness (QED) is 0.541. The van der Waals surface area contributed by atoms with Crippen molar-refractivity contribution in [2.75, 3.05) is 26.2 Å². The molecule has 13 heavy (non-hydrogen) atoms. The Balaban J connectivity index is 1.99. The number of carbonyl (C=O) groups is 1. The maximum absolute atomic E-state index is 11.1. The van der Waals surface area contributed by atoms with Crippen LogP contribution < -0.4 is 10.6 Å². The van der Waals surface area contributed by atoms with Crippen LogP contribution in [0.2, 0.25) is 0 Å². The van der Waals surface area contributed by atoms with Gasteiger partial charge in [0.25, 0.3) is 0 Å². The minimum Gasteiger partial charge on any atom is -0.364 e. The van der Waals surface area contributed by atoms with E-state index in [1.54, 1.807) is 0 Å². The summed E-state index contributed by atoms with van der Waals surface area (Å²) in [6.45, 7) is 2.94. The molecule has 4 nitrogen and oxygen atoms in total. The molecule has 0 saturated carbocycles. The van der Waals surface area contributed by atoms with Gasteiger partial charge in [0, 0.05) is 13.1 Å². The summed E-state index contributed by atoms with van der Waals surface area (Å²) < 4.78 is 5.67. The van der Waals surface area contributed by atoms with Gasteiger partial charge in [-0.1, -0.05) is 0 Å². The molecule has 2 N–H and O–H groups in total. The Morgan fingerprint density at radius 1 is 1.31 bits per heavy atom. The lowest BCUT2D eigenvalue weighted by atomic mass is 9.90. The lowest BCUT2D eigenvalue weighted by Crippen LogP contribution is -2.48. The first-order chi connectivity index (χ1) is 6.31. The number of nitrogens with one attached hydrogen (secondary N) is 2. The topological polar surface area (TPSA) is 50.4 Å². The van der Waals surface area contributed by atoms with Gasteiger partial charge in [0.2, 0.25) is 5.91 Å². The van der Waals surface area contributed by atoms with Crippen molar-refractivity contribution < 1.29 is 9.53 Å². The summed E-state index contributed by atoms with van der Waals surface area (Å²) in [5.41, 5.74) is -0.0720. The Morgan fingerprint density at radius 3 is 3.00 bits per heavy atom. The Kier molecular flexibility index (Phi) is 2.51. The highest BCUT2D eigenvalue weighted by molar-refractivity contribution is 5.77. The van der Waals surface area contributed by atoms with E-state index in [1.165, 1.54) is 0 Å². The molecule has 0 aromatic carbocycles. The van der Waals surface area contributed by atoms with Crippen LogP contribution in [-0.2, 0) is 9.53 Å². The highest BCUT2D eigenvalue weighted by Crippen LogP contribution is 2.25. The molecular weight excluding hydrogens is 168 g/mol. The van der Waals surface area contributed by atoms with Crippen LogP contribution in [0.1, 0.15) is 19.3 Å². The third-order valence-corrected chi connectivity index (χ3v) is 2.85. The van der Waals surface area contributed by atoms with Crippen molar-refractivity contribution in [3.63, 3.8) is 0 Å². The van der Waals surface area contributed by atoms with Crippen LogP contribution in [-0.4, -0.2) is 37.7 Å². The van der Waals surface area contributed by atoms with Crippen LogP contribution >= 0.6 is 0 Å². The monoisotopic (exact) mass is 184 g/mol. The average molecular weight is 184 g/mol. The smallest absolute Gasteiger partial charge is 0.246 e. The zero-order chi connectivity index (χ0) is 9.15. The zero-order valence-electron chi connectivity index (χ0n) is 7.77. The van der Waals surface area contributed by atoms with Gasteiger partial charge in [-0.2, -0.15) is 0 Å². The minimum atomic E-state index is -0.0720. The van der Waals surface area contributed by atoms with Crippen LogP contribution in [0.15, 0.2) is 0 Å². The fourth-order valence-corrected chi connectivity index (χ4v) is 2.05. The maximum atomic E-state index is 11.1. The molecule has 2 heterocycles. The SMILES string of the molecule is O=C1COC2(CCCNC2)CCN1. The van der Waals surface area contributed by atoms with E-state index in [0.717, 1.165) is 38.9 Å². The lowest BCUT2D eigenvalue weighted by molar-refractivity contribution is -0.130. The Morgan fingerprint density at radius 2 is 2.23 bits per heavy atom. The summed E-state index contributed by atoms with van der Waals surface area (Å²) >= 11 is 0. The average Bonchev–Trinajstić information content (AvgIpc) is 2.32. The Labute approximate surface area is 78.0 Å². The molecule has 2 rings (SSSR count). The van der Waals surface area contributed by atoms with Crippen LogP contribution in [0.25, 0.3) is 0 Å². The first-order valence-electron chi connectivity index (χ1n) is 4.92. The van der Waals surface area contributed by atoms with Gasteiger partial charge in [0.05, 0.1) is 5.60 Å². The van der Waals surface area contributed by atoms with E-state index in [9.17, 15) is 4.79 Å². The van der Waals surface area contributed by atoms with Gasteiger partial charge in [-0.3, -0.25) is 4.79 Å². The first kappa shape index (κ1) is 8.97. The van der Waals surface area contributed by atoms with Gasteiger partial charge in [0.1, 0.15) is 6.61 Å². The lowest BCUT2D eigenvalue weighted by Gasteiger charge is -2.35. The van der Waals surface area contributed by atoms with E-state index in [4.69, 9.17) is 4.74 Å². The summed E-state index contributed by atoms with van der Waals surface area (Å²) in [5, 5.41) is 6.15. The van der Waals surface area contributed by atoms with Crippen molar-refractivity contribution in [1.82, 2.24) is 10.6 Å². The van der Waals surface area contributed by atoms with E-state index in [-0.39, 0.29) is 18.1 Å². The van der Waals surface area contributed by atoms with Crippen molar-refractivity contribution in [2.45, 2.75) is 24.9 Å². The Bertz CT molecular complexity index is 200. The third kappa shape index (κ3) is 2.00. The summed E-state index contributed by atoms with van der Waals surface area (Å²) in [4.78, 5) is 11.1. The van der Waals surface area contributed by atoms with Crippen LogP contribution in [0.5, 0.6) is 0 Å². The molecule has 4 heteroatoms. The van der Waals surface area contributed by atoms with Crippen LogP contribution in [0, 0.1) is 0 Å². The van der Waals surface area contributed by atoms with E-state index in [0.29, 0.717) is 0 Å². The number of carbonyl (C=O) groups excluding carboxylic acids is 1. The number of hydrogen-bond acceptors (Lipinski definition) is 3. The molecular formula is C9H16N2O2. The number of piperidine rings is 1. The molecule has 74 valence electrons. The predicted octanol–water partition coefficient (Wildman–Crippen LogP) is -0.355. The van der Waals surface area contributed by atoms with E-state index < -0.39 is 0 Å². The summed E-state index contributed by atoms with van der Waals surface area (Å²) in [5.74, 6) is 0.0162. The summed E-state index contributed by atoms with van der Waals surface area (Å²) in [6.07, 6.45) is 3.16. The molecule has 2 aliphatic heterocycles. The molecule has 0 bridgehead atoms. The number of amides is 1. The van der Waals surface area contributed by atoms with E-state index in [2.05, 4.69) is 10.6 Å². The van der Waals surface area contributed by atoms with Gasteiger partial charge < -0.3 is 15.4 Å². The molecule has 2 aliphatic rings. The van der Waals surface area contributed by atoms with Gasteiger partial charge in [-0.05, 0) is 25.8 Å². The zero-order valence-corrected chi connectivity index (χ0v) is 7.77. The van der Waals surface area contributed by atoms with Gasteiger partial charge in [-0.25, -0.2) is 0 Å². The predicted molar refractivity (Wildman–Crippen MR) is 48.4 cm³/mol. The van der Waals surface area contributed by atoms with Crippen LogP contribution in [0.3, 0.4) is 0 Å². The van der Waals surface area contributed by atoms with Crippen LogP contribution in [0.4, 0.5) is 0 Å². The van der Waals surface area contributed by atoms with Crippen molar-refractivity contribution in [3.05, 3.63) is 0 Å². The molecule has 1 amide bonds. The second-order valence-corrected chi connectivity index (χ2v) is 3.85. The van der Waals surface area contributed by atoms with Gasteiger partial charge in [-0.15, -0.1) is 0 Å². The molecule has 2 saturated heterocycles. The summed E-state index contributed by atoms with van der Waals surface area (Å²) in [6, 6.07) is 0. The fraction of sp³-hybridized carbons (Fsp3) is 0.889. The fourth-order valence-electron chi connectivity index (χ4n) is 2.05. The highest BCUT2D eigenvalue weighted by atomic mass is 16.5. The van der Waals surface area contributed by atoms with E-state index in [1.807, 2.05) is 0 Å². The third-order valence-electron chi connectivity index (χ3n) is 2.85. The maximum Gasteiger partial charge on any atom is 0.246 e. The number of rotatable bonds is 0. The summed E-state index contributed by atoms with van der Waals surface area (Å²) in [7, 11) is 0. The van der Waals surface area contributed by atoms with Crippen molar-refractivity contribution >= 4 is 5.91 Å². The minimum absolute atomic E-state index is 0.0162. The Hall–Kier alpha value is -0.610. The van der Waals surface area contributed by atoms with Crippen molar-refractivity contribution in [1.29, 1.82) is 0 Å². The molecule has 1 spiro atoms. The largest absolute Gasteiger partial charge is 0.364 e. The second kappa shape index (κ2) is 3.64. The van der Waals surface area contributed by atoms with Gasteiger partial charge >= 0.3 is 0 Å². The molecule has 0 aliphatic carbocycles. The van der Waals surface area contributed by atoms with Crippen molar-refractivity contribution in [3.8, 4) is 0 Å². The number of ether oxygens (including phenoxy) is 1. The second-order valence-electron chi connectivity index (χ2n) is 3.85. The van der Waals surface area contributed by atoms with Gasteiger partial charge in [0.15, 0.2) is 0 Å². The molecule has 0 radical (unpaired) electrons. The standard InChI is InChI=1S/C9H16N2O2/c12-8-6-13-9(3-5-11-8)2-1-4-10-7-9/h10H,1-7H2,(H,11,12). The molecule has 1 unspecified atom stereocenters. The van der Waals surface area contributed by atoms with E-state index >= 15 is 0 Å². The molecule has 0 aromatic heterocycles. The van der Waals surface area contributed by atoms with Crippen molar-refractivity contribution in [2.24, 2.45) is 0 Å². The highest BCUT2D eigenvalue weighted by Gasteiger charge is 2.34. The first-order valence-corrected chi connectivity index (χ1v) is 4.92. The molecule has 1 atom stereocenters.